The number of rotatable bonds is 4. The Morgan fingerprint density at radius 1 is 1.47 bits per heavy atom. The van der Waals surface area contributed by atoms with Gasteiger partial charge >= 0.3 is 5.97 Å². The molecule has 0 aliphatic carbocycles. The monoisotopic (exact) mass is 239 g/mol. The van der Waals surface area contributed by atoms with Crippen LogP contribution in [0.2, 0.25) is 0 Å². The van der Waals surface area contributed by atoms with Crippen molar-refractivity contribution in [2.45, 2.75) is 12.5 Å². The number of carboxylic acid groups (broad SMARTS) is 1. The van der Waals surface area contributed by atoms with Crippen LogP contribution in [0, 0.1) is 24.0 Å². The fourth-order valence-corrected chi connectivity index (χ4v) is 1.37. The molecule has 2 N–H and O–H groups in total. The Bertz CT molecular complexity index is 462. The summed E-state index contributed by atoms with van der Waals surface area (Å²) in [6.45, 7) is 1.27. The number of terminal acetylenes is 1. The number of benzene rings is 1. The van der Waals surface area contributed by atoms with Crippen molar-refractivity contribution < 1.29 is 18.7 Å². The minimum Gasteiger partial charge on any atom is -0.480 e. The SMILES string of the molecule is C#CCNC(C)(C(=O)O)c1cc(F)cc(F)c1. The second kappa shape index (κ2) is 4.93. The van der Waals surface area contributed by atoms with Crippen molar-refractivity contribution >= 4 is 5.97 Å². The summed E-state index contributed by atoms with van der Waals surface area (Å²) in [6.07, 6.45) is 5.02. The molecule has 1 rings (SSSR count). The van der Waals surface area contributed by atoms with Crippen LogP contribution in [0.1, 0.15) is 12.5 Å². The van der Waals surface area contributed by atoms with E-state index in [9.17, 15) is 13.6 Å². The Hall–Kier alpha value is -1.93. The summed E-state index contributed by atoms with van der Waals surface area (Å²) in [4.78, 5) is 11.2. The highest BCUT2D eigenvalue weighted by Crippen LogP contribution is 2.23. The summed E-state index contributed by atoms with van der Waals surface area (Å²) in [5.74, 6) is -0.727. The van der Waals surface area contributed by atoms with Crippen molar-refractivity contribution in [2.24, 2.45) is 0 Å². The lowest BCUT2D eigenvalue weighted by atomic mass is 9.92. The van der Waals surface area contributed by atoms with Gasteiger partial charge in [0.2, 0.25) is 0 Å². The molecule has 0 saturated heterocycles. The third kappa shape index (κ3) is 2.80. The minimum atomic E-state index is -1.63. The molecular formula is C12H11F2NO2. The average molecular weight is 239 g/mol. The first-order valence-electron chi connectivity index (χ1n) is 4.78. The van der Waals surface area contributed by atoms with Crippen LogP contribution >= 0.6 is 0 Å². The van der Waals surface area contributed by atoms with Gasteiger partial charge in [-0.1, -0.05) is 5.92 Å². The van der Waals surface area contributed by atoms with Crippen molar-refractivity contribution in [1.82, 2.24) is 5.32 Å². The highest BCUT2D eigenvalue weighted by molar-refractivity contribution is 5.80. The molecule has 1 aromatic carbocycles. The summed E-state index contributed by atoms with van der Waals surface area (Å²) in [5.41, 5.74) is -1.66. The topological polar surface area (TPSA) is 49.3 Å². The minimum absolute atomic E-state index is 0.0269. The molecule has 0 heterocycles. The highest BCUT2D eigenvalue weighted by atomic mass is 19.1. The fourth-order valence-electron chi connectivity index (χ4n) is 1.37. The van der Waals surface area contributed by atoms with Gasteiger partial charge in [0, 0.05) is 6.07 Å². The molecule has 1 aromatic rings. The Morgan fingerprint density at radius 2 is 2.00 bits per heavy atom. The van der Waals surface area contributed by atoms with E-state index < -0.39 is 23.1 Å². The first-order valence-corrected chi connectivity index (χ1v) is 4.78. The molecule has 0 aromatic heterocycles. The van der Waals surface area contributed by atoms with Crippen LogP contribution in [-0.2, 0) is 10.3 Å². The molecule has 1 atom stereocenters. The third-order valence-electron chi connectivity index (χ3n) is 2.41. The summed E-state index contributed by atoms with van der Waals surface area (Å²) in [7, 11) is 0. The summed E-state index contributed by atoms with van der Waals surface area (Å²) >= 11 is 0. The standard InChI is InChI=1S/C12H11F2NO2/c1-3-4-15-12(2,11(16)17)8-5-9(13)7-10(14)6-8/h1,5-7,15H,4H2,2H3,(H,16,17). The van der Waals surface area contributed by atoms with E-state index in [2.05, 4.69) is 11.2 Å². The zero-order valence-corrected chi connectivity index (χ0v) is 9.13. The number of hydrogen-bond acceptors (Lipinski definition) is 2. The van der Waals surface area contributed by atoms with E-state index >= 15 is 0 Å². The molecule has 0 spiro atoms. The molecular weight excluding hydrogens is 228 g/mol. The zero-order chi connectivity index (χ0) is 13.1. The van der Waals surface area contributed by atoms with Gasteiger partial charge in [0.15, 0.2) is 0 Å². The Labute approximate surface area is 97.5 Å². The predicted molar refractivity (Wildman–Crippen MR) is 58.2 cm³/mol. The number of carbonyl (C=O) groups is 1. The molecule has 0 aliphatic rings. The van der Waals surface area contributed by atoms with E-state index in [0.717, 1.165) is 12.1 Å². The van der Waals surface area contributed by atoms with Gasteiger partial charge < -0.3 is 5.11 Å². The molecule has 90 valence electrons. The first-order chi connectivity index (χ1) is 7.90. The lowest BCUT2D eigenvalue weighted by molar-refractivity contribution is -0.144. The average Bonchev–Trinajstić information content (AvgIpc) is 2.24. The van der Waals surface area contributed by atoms with Gasteiger partial charge in [-0.15, -0.1) is 6.42 Å². The van der Waals surface area contributed by atoms with Gasteiger partial charge in [0.1, 0.15) is 17.2 Å². The lowest BCUT2D eigenvalue weighted by Crippen LogP contribution is -2.47. The van der Waals surface area contributed by atoms with Crippen molar-refractivity contribution in [3.05, 3.63) is 35.4 Å². The normalized spacial score (nSPS) is 13.8. The fraction of sp³-hybridized carbons (Fsp3) is 0.250. The van der Waals surface area contributed by atoms with Crippen LogP contribution in [0.25, 0.3) is 0 Å². The molecule has 0 saturated carbocycles. The van der Waals surface area contributed by atoms with E-state index in [1.54, 1.807) is 0 Å². The van der Waals surface area contributed by atoms with Crippen LogP contribution in [0.4, 0.5) is 8.78 Å². The van der Waals surface area contributed by atoms with Crippen molar-refractivity contribution in [3.8, 4) is 12.3 Å². The lowest BCUT2D eigenvalue weighted by Gasteiger charge is -2.26. The first kappa shape index (κ1) is 13.1. The largest absolute Gasteiger partial charge is 0.480 e. The Kier molecular flexibility index (Phi) is 3.81. The molecule has 3 nitrogen and oxygen atoms in total. The number of nitrogens with one attached hydrogen (secondary N) is 1. The van der Waals surface area contributed by atoms with Crippen LogP contribution < -0.4 is 5.32 Å². The van der Waals surface area contributed by atoms with Crippen LogP contribution in [-0.4, -0.2) is 17.6 Å². The van der Waals surface area contributed by atoms with E-state index in [0.29, 0.717) is 6.07 Å². The second-order valence-corrected chi connectivity index (χ2v) is 3.65. The summed E-state index contributed by atoms with van der Waals surface area (Å²) < 4.78 is 26.1. The van der Waals surface area contributed by atoms with Gasteiger partial charge in [-0.25, -0.2) is 13.6 Å². The molecule has 0 amide bonds. The molecule has 0 fully saturated rings. The van der Waals surface area contributed by atoms with Crippen LogP contribution in [0.5, 0.6) is 0 Å². The van der Waals surface area contributed by atoms with Gasteiger partial charge in [0.25, 0.3) is 0 Å². The van der Waals surface area contributed by atoms with Crippen molar-refractivity contribution in [2.75, 3.05) is 6.54 Å². The molecule has 0 aliphatic heterocycles. The van der Waals surface area contributed by atoms with Gasteiger partial charge in [0.05, 0.1) is 6.54 Å². The number of halogens is 2. The third-order valence-corrected chi connectivity index (χ3v) is 2.41. The van der Waals surface area contributed by atoms with Gasteiger partial charge in [-0.05, 0) is 24.6 Å². The highest BCUT2D eigenvalue weighted by Gasteiger charge is 2.35. The quantitative estimate of drug-likeness (QED) is 0.782. The summed E-state index contributed by atoms with van der Waals surface area (Å²) in [6, 6.07) is 2.59. The zero-order valence-electron chi connectivity index (χ0n) is 9.13. The molecule has 17 heavy (non-hydrogen) atoms. The van der Waals surface area contributed by atoms with Gasteiger partial charge in [-0.3, -0.25) is 5.32 Å². The maximum atomic E-state index is 13.0. The molecule has 1 unspecified atom stereocenters. The Morgan fingerprint density at radius 3 is 2.41 bits per heavy atom. The van der Waals surface area contributed by atoms with E-state index in [1.807, 2.05) is 0 Å². The van der Waals surface area contributed by atoms with E-state index in [-0.39, 0.29) is 12.1 Å². The maximum Gasteiger partial charge on any atom is 0.328 e. The summed E-state index contributed by atoms with van der Waals surface area (Å²) in [5, 5.41) is 11.7. The van der Waals surface area contributed by atoms with Crippen molar-refractivity contribution in [3.63, 3.8) is 0 Å². The molecule has 0 bridgehead atoms. The van der Waals surface area contributed by atoms with Crippen LogP contribution in [0.15, 0.2) is 18.2 Å². The van der Waals surface area contributed by atoms with Crippen LogP contribution in [0.3, 0.4) is 0 Å². The van der Waals surface area contributed by atoms with E-state index in [4.69, 9.17) is 11.5 Å². The van der Waals surface area contributed by atoms with Crippen molar-refractivity contribution in [1.29, 1.82) is 0 Å². The van der Waals surface area contributed by atoms with Gasteiger partial charge in [-0.2, -0.15) is 0 Å². The number of aliphatic carboxylic acids is 1. The number of carboxylic acids is 1. The predicted octanol–water partition coefficient (Wildman–Crippen LogP) is 1.49. The molecule has 5 heteroatoms. The van der Waals surface area contributed by atoms with E-state index in [1.165, 1.54) is 6.92 Å². The second-order valence-electron chi connectivity index (χ2n) is 3.65. The number of hydrogen-bond donors (Lipinski definition) is 2. The smallest absolute Gasteiger partial charge is 0.328 e. The maximum absolute atomic E-state index is 13.0. The Balaban J connectivity index is 3.22. The molecule has 0 radical (unpaired) electrons.